The maximum atomic E-state index is 12.4. The molecule has 0 saturated carbocycles. The van der Waals surface area contributed by atoms with Crippen molar-refractivity contribution in [1.82, 2.24) is 9.55 Å². The van der Waals surface area contributed by atoms with Gasteiger partial charge in [-0.2, -0.15) is 0 Å². The van der Waals surface area contributed by atoms with Gasteiger partial charge < -0.3 is 0 Å². The maximum absolute atomic E-state index is 12.4. The van der Waals surface area contributed by atoms with Crippen molar-refractivity contribution in [3.8, 4) is 0 Å². The van der Waals surface area contributed by atoms with Crippen LogP contribution in [0.3, 0.4) is 0 Å². The van der Waals surface area contributed by atoms with E-state index in [1.54, 1.807) is 10.6 Å². The van der Waals surface area contributed by atoms with Gasteiger partial charge in [0.25, 0.3) is 0 Å². The molecule has 1 aromatic rings. The summed E-state index contributed by atoms with van der Waals surface area (Å²) in [4.78, 5) is 16.9. The number of nitrogens with zero attached hydrogens (tertiary/aromatic N) is 2. The van der Waals surface area contributed by atoms with Gasteiger partial charge in [-0.1, -0.05) is 0 Å². The van der Waals surface area contributed by atoms with Crippen LogP contribution < -0.4 is 5.56 Å². The van der Waals surface area contributed by atoms with Crippen LogP contribution in [-0.2, 0) is 25.8 Å². The number of hydrogen-bond donors (Lipinski definition) is 0. The standard InChI is InChI=1S/C14H18N2O.W/c1-6-8-10(3)16-13(9-7-2)15-12(5)11(4)14(16)17;/h3,6,8H,1,7,9H2,2,4-5H3;/b10-8+;. The van der Waals surface area contributed by atoms with E-state index in [9.17, 15) is 4.79 Å². The fraction of sp³-hybridized carbons (Fsp3) is 0.357. The number of aryl methyl sites for hydroxylation is 2. The summed E-state index contributed by atoms with van der Waals surface area (Å²) in [6.07, 6.45) is 5.32. The number of allylic oxidation sites excluding steroid dienone is 3. The van der Waals surface area contributed by atoms with Gasteiger partial charge in [0.1, 0.15) is 0 Å². The number of rotatable bonds is 5. The van der Waals surface area contributed by atoms with Crippen LogP contribution in [0.15, 0.2) is 23.5 Å². The van der Waals surface area contributed by atoms with Crippen molar-refractivity contribution in [2.24, 2.45) is 0 Å². The van der Waals surface area contributed by atoms with Gasteiger partial charge in [-0.3, -0.25) is 0 Å². The Hall–Kier alpha value is -1.08. The first-order valence-electron chi connectivity index (χ1n) is 5.94. The van der Waals surface area contributed by atoms with Crippen molar-refractivity contribution in [1.29, 1.82) is 0 Å². The Balaban J connectivity index is 3.63. The van der Waals surface area contributed by atoms with Crippen LogP contribution in [0.1, 0.15) is 30.4 Å². The topological polar surface area (TPSA) is 34.9 Å². The Morgan fingerprint density at radius 2 is 2.17 bits per heavy atom. The van der Waals surface area contributed by atoms with Gasteiger partial charge in [-0.25, -0.2) is 0 Å². The monoisotopic (exact) mass is 414 g/mol. The van der Waals surface area contributed by atoms with Gasteiger partial charge in [0.15, 0.2) is 0 Å². The Labute approximate surface area is 119 Å². The zero-order chi connectivity index (χ0) is 13.7. The molecule has 18 heavy (non-hydrogen) atoms. The van der Waals surface area contributed by atoms with Crippen LogP contribution in [0.25, 0.3) is 5.70 Å². The van der Waals surface area contributed by atoms with Gasteiger partial charge in [0.2, 0.25) is 0 Å². The summed E-state index contributed by atoms with van der Waals surface area (Å²) in [6.45, 7) is 9.49. The minimum atomic E-state index is 0.0246. The van der Waals surface area contributed by atoms with E-state index in [4.69, 9.17) is 0 Å². The van der Waals surface area contributed by atoms with E-state index in [0.717, 1.165) is 30.1 Å². The van der Waals surface area contributed by atoms with E-state index in [1.807, 2.05) is 24.3 Å². The molecule has 1 aromatic heterocycles. The second kappa shape index (κ2) is 6.74. The Morgan fingerprint density at radius 1 is 1.50 bits per heavy atom. The van der Waals surface area contributed by atoms with E-state index in [1.165, 1.54) is 19.4 Å². The van der Waals surface area contributed by atoms with Gasteiger partial charge >= 0.3 is 119 Å². The van der Waals surface area contributed by atoms with Crippen molar-refractivity contribution < 1.29 is 19.4 Å². The normalized spacial score (nSPS) is 11.4. The van der Waals surface area contributed by atoms with Crippen molar-refractivity contribution in [3.05, 3.63) is 46.2 Å². The molecule has 0 saturated heterocycles. The quantitative estimate of drug-likeness (QED) is 0.693. The molecule has 0 fully saturated rings. The number of hydrogen-bond acceptors (Lipinski definition) is 2. The van der Waals surface area contributed by atoms with Crippen molar-refractivity contribution in [3.63, 3.8) is 0 Å². The Kier molecular flexibility index (Phi) is 5.61. The van der Waals surface area contributed by atoms with E-state index in [2.05, 4.69) is 18.5 Å². The fourth-order valence-electron chi connectivity index (χ4n) is 1.71. The van der Waals surface area contributed by atoms with E-state index in [-0.39, 0.29) is 5.56 Å². The van der Waals surface area contributed by atoms with Crippen molar-refractivity contribution >= 4 is 10.1 Å². The average molecular weight is 414 g/mol. The molecule has 0 spiro atoms. The van der Waals surface area contributed by atoms with Gasteiger partial charge in [0, 0.05) is 0 Å². The summed E-state index contributed by atoms with van der Waals surface area (Å²) in [5.41, 5.74) is 2.42. The molecule has 0 aliphatic rings. The third-order valence-electron chi connectivity index (χ3n) is 2.76. The number of aromatic nitrogens is 2. The molecule has 0 atom stereocenters. The summed E-state index contributed by atoms with van der Waals surface area (Å²) in [6, 6.07) is 0. The summed E-state index contributed by atoms with van der Waals surface area (Å²) < 4.78 is 3.69. The molecule has 0 aliphatic heterocycles. The first kappa shape index (κ1) is 15.0. The van der Waals surface area contributed by atoms with Crippen LogP contribution in [0.2, 0.25) is 0 Å². The molecule has 0 radical (unpaired) electrons. The van der Waals surface area contributed by atoms with E-state index < -0.39 is 0 Å². The van der Waals surface area contributed by atoms with Gasteiger partial charge in [0.05, 0.1) is 0 Å². The molecule has 0 bridgehead atoms. The van der Waals surface area contributed by atoms with Crippen LogP contribution in [0.5, 0.6) is 0 Å². The second-order valence-electron chi connectivity index (χ2n) is 4.07. The van der Waals surface area contributed by atoms with Gasteiger partial charge in [-0.05, 0) is 0 Å². The van der Waals surface area contributed by atoms with Gasteiger partial charge in [-0.15, -0.1) is 0 Å². The van der Waals surface area contributed by atoms with Crippen LogP contribution in [0, 0.1) is 13.8 Å². The first-order chi connectivity index (χ1) is 8.56. The van der Waals surface area contributed by atoms with Crippen LogP contribution in [0.4, 0.5) is 0 Å². The molecule has 96 valence electrons. The zero-order valence-electron chi connectivity index (χ0n) is 11.1. The zero-order valence-corrected chi connectivity index (χ0v) is 14.0. The van der Waals surface area contributed by atoms with E-state index >= 15 is 0 Å². The summed E-state index contributed by atoms with van der Waals surface area (Å²) >= 11 is 1.30. The summed E-state index contributed by atoms with van der Waals surface area (Å²) in [5.74, 6) is 0.830. The molecule has 0 N–H and O–H groups in total. The van der Waals surface area contributed by atoms with Crippen molar-refractivity contribution in [2.45, 2.75) is 33.6 Å². The Morgan fingerprint density at radius 3 is 2.67 bits per heavy atom. The third-order valence-corrected chi connectivity index (χ3v) is 3.63. The van der Waals surface area contributed by atoms with Crippen LogP contribution >= 0.6 is 0 Å². The van der Waals surface area contributed by atoms with E-state index in [0.29, 0.717) is 5.56 Å². The molecule has 0 unspecified atom stereocenters. The second-order valence-corrected chi connectivity index (χ2v) is 4.92. The molecule has 4 heteroatoms. The molecule has 1 heterocycles. The predicted molar refractivity (Wildman–Crippen MR) is 72.5 cm³/mol. The minimum absolute atomic E-state index is 0.0246. The molecule has 0 amide bonds. The Bertz CT molecular complexity index is 556. The summed E-state index contributed by atoms with van der Waals surface area (Å²) in [5, 5.41) is 0. The molecule has 1 rings (SSSR count). The molecular weight excluding hydrogens is 396 g/mol. The molecule has 0 aliphatic carbocycles. The SMILES string of the molecule is C=C/C=C(\[CH]=[W])n1c(CCC)nc(C)c(C)c1=O. The molecule has 3 nitrogen and oxygen atoms in total. The first-order valence-corrected chi connectivity index (χ1v) is 7.63. The predicted octanol–water partition coefficient (Wildman–Crippen LogP) is 2.19. The van der Waals surface area contributed by atoms with Crippen molar-refractivity contribution in [2.75, 3.05) is 0 Å². The molecular formula is C14H18N2OW. The average Bonchev–Trinajstić information content (AvgIpc) is 2.35. The summed E-state index contributed by atoms with van der Waals surface area (Å²) in [7, 11) is 0. The third kappa shape index (κ3) is 3.02. The van der Waals surface area contributed by atoms with Crippen LogP contribution in [-0.4, -0.2) is 14.0 Å². The fourth-order valence-corrected chi connectivity index (χ4v) is 2.37. The molecule has 0 aromatic carbocycles.